The van der Waals surface area contributed by atoms with E-state index in [1.54, 1.807) is 30.9 Å². The summed E-state index contributed by atoms with van der Waals surface area (Å²) in [4.78, 5) is 90.7. The molecule has 24 heteroatoms. The lowest BCUT2D eigenvalue weighted by molar-refractivity contribution is -0.926. The number of hydrogen-bond acceptors (Lipinski definition) is 12. The standard InChI is InChI=1S/C48H63F5N6O13.CH3/c1-27(2)43(57-34(61)12-19-68-21-23-70-24-22-69-20-13-35(62)72-44-41(52)39(50)38(49)40(51)42(44)53)31(60)25-29(5-4-14-55-48(54)67)45(63)56-30-8-6-28(7-9-30)26-59(3)17-15-58(16-18-59)46(64)36-32-10-11-33(71-32)37(36)47(65)66;/h6-9,27,29,32-33,36-37,43H,4-5,10-26H2,1-3H3,(H5-,54,55,56,57,61,63,65,66,67);1H3/q;-1/p+1/t29-,32?,33?,36?,37?,43+;/m1./s1. The largest absolute Gasteiger partial charge is 0.481 e. The number of amides is 5. The number of ether oxygens (including phenoxy) is 5. The highest BCUT2D eigenvalue weighted by atomic mass is 19.2. The zero-order chi connectivity index (χ0) is 52.7. The van der Waals surface area contributed by atoms with Gasteiger partial charge in [0.2, 0.25) is 52.6 Å². The molecule has 5 amide bonds. The molecule has 3 fully saturated rings. The third-order valence-corrected chi connectivity index (χ3v) is 13.0. The van der Waals surface area contributed by atoms with Gasteiger partial charge in [-0.1, -0.05) is 26.0 Å². The van der Waals surface area contributed by atoms with E-state index < -0.39 is 101 Å². The topological polar surface area (TPSA) is 251 Å². The first kappa shape index (κ1) is 59.7. The van der Waals surface area contributed by atoms with E-state index in [1.165, 1.54) is 0 Å². The van der Waals surface area contributed by atoms with E-state index in [2.05, 4.69) is 27.7 Å². The van der Waals surface area contributed by atoms with Crippen LogP contribution < -0.4 is 26.4 Å². The lowest BCUT2D eigenvalue weighted by Gasteiger charge is -2.43. The average molecular weight is 1040 g/mol. The molecule has 0 saturated carbocycles. The minimum atomic E-state index is -2.39. The molecule has 4 unspecified atom stereocenters. The molecule has 3 aliphatic rings. The Morgan fingerprint density at radius 2 is 1.36 bits per heavy atom. The molecule has 6 atom stereocenters. The molecule has 0 radical (unpaired) electrons. The molecule has 5 rings (SSSR count). The molecule has 2 aromatic carbocycles. The van der Waals surface area contributed by atoms with Gasteiger partial charge in [0, 0.05) is 36.6 Å². The molecule has 2 aromatic rings. The fraction of sp³-hybridized carbons (Fsp3) is 0.592. The predicted octanol–water partition coefficient (Wildman–Crippen LogP) is 4.04. The molecule has 406 valence electrons. The van der Waals surface area contributed by atoms with Crippen LogP contribution in [0.5, 0.6) is 5.75 Å². The molecule has 3 saturated heterocycles. The summed E-state index contributed by atoms with van der Waals surface area (Å²) in [5.41, 5.74) is 6.71. The van der Waals surface area contributed by atoms with Crippen molar-refractivity contribution in [2.24, 2.45) is 29.4 Å². The number of aliphatic carboxylic acids is 1. The third-order valence-electron chi connectivity index (χ3n) is 13.0. The van der Waals surface area contributed by atoms with Crippen molar-refractivity contribution in [3.05, 3.63) is 66.3 Å². The number of quaternary nitrogens is 1. The molecule has 73 heavy (non-hydrogen) atoms. The van der Waals surface area contributed by atoms with E-state index in [0.717, 1.165) is 5.56 Å². The van der Waals surface area contributed by atoms with Crippen molar-refractivity contribution in [2.75, 3.05) is 84.7 Å². The van der Waals surface area contributed by atoms with Gasteiger partial charge >= 0.3 is 18.0 Å². The number of primary amides is 1. The number of nitrogens with zero attached hydrogens (tertiary/aromatic N) is 2. The second kappa shape index (κ2) is 28.0. The van der Waals surface area contributed by atoms with Crippen molar-refractivity contribution in [3.63, 3.8) is 0 Å². The van der Waals surface area contributed by atoms with Crippen LogP contribution in [0.15, 0.2) is 24.3 Å². The SMILES string of the molecule is CC(C)[C@H](NC(=O)CCOCCOCCOCCC(=O)Oc1c(F)c(F)c(F)c(F)c1F)C(=O)C[C@@H](CCCNC(N)=O)C(=O)Nc1ccc(C[N+]2(C)CCN(C(=O)C3C4CCC(O4)C3C(=O)O)CC2)cc1.[CH3-]. The maximum Gasteiger partial charge on any atom is 0.313 e. The number of urea groups is 1. The first-order valence-corrected chi connectivity index (χ1v) is 23.9. The number of piperazine rings is 1. The van der Waals surface area contributed by atoms with Gasteiger partial charge in [0.05, 0.1) is 109 Å². The fourth-order valence-corrected chi connectivity index (χ4v) is 9.04. The number of carboxylic acids is 1. The Kier molecular flexibility index (Phi) is 22.9. The number of fused-ring (bicyclic) bond motifs is 2. The minimum Gasteiger partial charge on any atom is -0.481 e. The number of likely N-dealkylation sites (N-methyl/N-ethyl adjacent to an activating group) is 1. The van der Waals surface area contributed by atoms with Gasteiger partial charge in [-0.15, -0.1) is 0 Å². The average Bonchev–Trinajstić information content (AvgIpc) is 3.97. The Hall–Kier alpha value is -5.82. The van der Waals surface area contributed by atoms with E-state index in [0.29, 0.717) is 62.2 Å². The first-order valence-electron chi connectivity index (χ1n) is 23.9. The molecular weight excluding hydrogens is 976 g/mol. The third kappa shape index (κ3) is 16.9. The molecule has 0 aromatic heterocycles. The summed E-state index contributed by atoms with van der Waals surface area (Å²) < 4.78 is 93.9. The van der Waals surface area contributed by atoms with Crippen LogP contribution in [-0.2, 0) is 54.3 Å². The minimum absolute atomic E-state index is 0. The summed E-state index contributed by atoms with van der Waals surface area (Å²) >= 11 is 0. The molecular formula is C49H67F5N6O13. The van der Waals surface area contributed by atoms with Gasteiger partial charge in [-0.05, 0) is 43.7 Å². The monoisotopic (exact) mass is 1040 g/mol. The van der Waals surface area contributed by atoms with Crippen LogP contribution in [0.1, 0.15) is 64.4 Å². The predicted molar refractivity (Wildman–Crippen MR) is 250 cm³/mol. The summed E-state index contributed by atoms with van der Waals surface area (Å²) in [7, 11) is 2.10. The molecule has 6 N–H and O–H groups in total. The zero-order valence-corrected chi connectivity index (χ0v) is 41.5. The molecule has 0 aliphatic carbocycles. The summed E-state index contributed by atoms with van der Waals surface area (Å²) in [6.45, 7) is 6.49. The maximum absolute atomic E-state index is 13.7. The van der Waals surface area contributed by atoms with E-state index >= 15 is 0 Å². The number of rotatable bonds is 28. The van der Waals surface area contributed by atoms with Gasteiger partial charge in [-0.2, -0.15) is 8.78 Å². The van der Waals surface area contributed by atoms with Gasteiger partial charge in [-0.3, -0.25) is 28.8 Å². The van der Waals surface area contributed by atoms with Crippen LogP contribution in [-0.4, -0.2) is 154 Å². The molecule has 3 aliphatic heterocycles. The molecule has 3 heterocycles. The van der Waals surface area contributed by atoms with Crippen LogP contribution in [0.3, 0.4) is 0 Å². The summed E-state index contributed by atoms with van der Waals surface area (Å²) in [5.74, 6) is -19.5. The van der Waals surface area contributed by atoms with Crippen LogP contribution in [0, 0.1) is 60.2 Å². The Bertz CT molecular complexity index is 2220. The number of Topliss-reactive ketones (excluding diaryl/α,β-unsaturated/α-hetero) is 1. The van der Waals surface area contributed by atoms with Crippen molar-refractivity contribution in [2.45, 2.75) is 83.6 Å². The second-order valence-corrected chi connectivity index (χ2v) is 18.7. The summed E-state index contributed by atoms with van der Waals surface area (Å²) in [6, 6.07) is 5.69. The normalized spacial score (nSPS) is 19.7. The number of ketones is 1. The number of anilines is 1. The van der Waals surface area contributed by atoms with Gasteiger partial charge < -0.3 is 67.3 Å². The van der Waals surface area contributed by atoms with E-state index in [9.17, 15) is 60.6 Å². The van der Waals surface area contributed by atoms with Crippen LogP contribution in [0.4, 0.5) is 32.4 Å². The molecule has 0 spiro atoms. The summed E-state index contributed by atoms with van der Waals surface area (Å²) in [5, 5.41) is 17.9. The molecule has 19 nitrogen and oxygen atoms in total. The van der Waals surface area contributed by atoms with Crippen LogP contribution in [0.25, 0.3) is 0 Å². The van der Waals surface area contributed by atoms with E-state index in [1.807, 2.05) is 12.1 Å². The van der Waals surface area contributed by atoms with E-state index in [-0.39, 0.29) is 96.6 Å². The lowest BCUT2D eigenvalue weighted by Crippen LogP contribution is -2.59. The highest BCUT2D eigenvalue weighted by Gasteiger charge is 2.56. The Balaban J connectivity index is 0.0000116. The van der Waals surface area contributed by atoms with Crippen molar-refractivity contribution < 1.29 is 88.8 Å². The Morgan fingerprint density at radius 1 is 0.808 bits per heavy atom. The summed E-state index contributed by atoms with van der Waals surface area (Å²) in [6.07, 6.45) is 0.289. The van der Waals surface area contributed by atoms with Crippen molar-refractivity contribution >= 4 is 47.2 Å². The first-order chi connectivity index (χ1) is 34.2. The highest BCUT2D eigenvalue weighted by molar-refractivity contribution is 5.97. The number of carbonyl (C=O) groups is 7. The number of esters is 1. The number of hydrogen-bond donors (Lipinski definition) is 5. The molecule has 2 bridgehead atoms. The van der Waals surface area contributed by atoms with Crippen LogP contribution in [0.2, 0.25) is 0 Å². The van der Waals surface area contributed by atoms with E-state index in [4.69, 9.17) is 24.7 Å². The van der Waals surface area contributed by atoms with Gasteiger partial charge in [0.25, 0.3) is 0 Å². The number of benzene rings is 2. The number of halogens is 5. The van der Waals surface area contributed by atoms with Crippen molar-refractivity contribution in [1.82, 2.24) is 15.5 Å². The fourth-order valence-electron chi connectivity index (χ4n) is 9.04. The lowest BCUT2D eigenvalue weighted by atomic mass is 9.78. The number of carboxylic acid groups (broad SMARTS) is 1. The van der Waals surface area contributed by atoms with Crippen molar-refractivity contribution in [3.8, 4) is 5.75 Å². The highest BCUT2D eigenvalue weighted by Crippen LogP contribution is 2.44. The van der Waals surface area contributed by atoms with Gasteiger partial charge in [0.15, 0.2) is 5.78 Å². The Morgan fingerprint density at radius 3 is 1.92 bits per heavy atom. The zero-order valence-electron chi connectivity index (χ0n) is 41.5. The maximum atomic E-state index is 13.7. The second-order valence-electron chi connectivity index (χ2n) is 18.7. The van der Waals surface area contributed by atoms with Crippen LogP contribution >= 0.6 is 0 Å². The van der Waals surface area contributed by atoms with Crippen molar-refractivity contribution in [1.29, 1.82) is 0 Å². The Labute approximate surface area is 420 Å². The number of nitrogens with two attached hydrogens (primary N) is 1. The smallest absolute Gasteiger partial charge is 0.313 e. The number of nitrogens with one attached hydrogen (secondary N) is 3. The van der Waals surface area contributed by atoms with Gasteiger partial charge in [-0.25, -0.2) is 18.0 Å². The van der Waals surface area contributed by atoms with Gasteiger partial charge in [0.1, 0.15) is 6.54 Å². The quantitative estimate of drug-likeness (QED) is 0.0118. The number of carbonyl (C=O) groups excluding carboxylic acids is 6.